The van der Waals surface area contributed by atoms with E-state index in [0.29, 0.717) is 5.69 Å². The Bertz CT molecular complexity index is 494. The van der Waals surface area contributed by atoms with Gasteiger partial charge in [0, 0.05) is 16.9 Å². The van der Waals surface area contributed by atoms with Crippen LogP contribution in [-0.2, 0) is 9.59 Å². The molecule has 0 unspecified atom stereocenters. The lowest BCUT2D eigenvalue weighted by atomic mass is 10.1. The van der Waals surface area contributed by atoms with Gasteiger partial charge >= 0.3 is 0 Å². The zero-order valence-corrected chi connectivity index (χ0v) is 10.9. The number of benzene rings is 1. The highest BCUT2D eigenvalue weighted by molar-refractivity contribution is 14.1. The average molecular weight is 327 g/mol. The smallest absolute Gasteiger partial charge is 0.237 e. The van der Waals surface area contributed by atoms with E-state index in [1.807, 2.05) is 24.3 Å². The Hall–Kier alpha value is -1.17. The van der Waals surface area contributed by atoms with Crippen LogP contribution in [0.1, 0.15) is 18.9 Å². The van der Waals surface area contributed by atoms with E-state index in [9.17, 15) is 9.59 Å². The van der Waals surface area contributed by atoms with Crippen LogP contribution >= 0.6 is 22.6 Å². The van der Waals surface area contributed by atoms with Crippen molar-refractivity contribution in [1.82, 2.24) is 0 Å². The standard InChI is InChI=1S/C12H10INO2/c1-8(15)14-11-7-10(13)6-5-9(11)3-2-4-12(14)16/h2-3,5-7H,4H2,1H3. The summed E-state index contributed by atoms with van der Waals surface area (Å²) in [6.07, 6.45) is 3.94. The lowest BCUT2D eigenvalue weighted by Gasteiger charge is -2.19. The number of anilines is 1. The zero-order chi connectivity index (χ0) is 11.7. The summed E-state index contributed by atoms with van der Waals surface area (Å²) in [5, 5.41) is 0. The molecule has 0 aromatic heterocycles. The fourth-order valence-corrected chi connectivity index (χ4v) is 2.18. The highest BCUT2D eigenvalue weighted by Crippen LogP contribution is 2.27. The van der Waals surface area contributed by atoms with E-state index in [1.54, 1.807) is 6.08 Å². The van der Waals surface area contributed by atoms with Gasteiger partial charge in [-0.2, -0.15) is 0 Å². The maximum atomic E-state index is 11.8. The topological polar surface area (TPSA) is 37.4 Å². The second-order valence-corrected chi connectivity index (χ2v) is 4.80. The van der Waals surface area contributed by atoms with E-state index in [-0.39, 0.29) is 18.2 Å². The second-order valence-electron chi connectivity index (χ2n) is 3.56. The molecule has 1 heterocycles. The van der Waals surface area contributed by atoms with Gasteiger partial charge in [-0.1, -0.05) is 18.2 Å². The predicted molar refractivity (Wildman–Crippen MR) is 71.0 cm³/mol. The first-order chi connectivity index (χ1) is 7.59. The summed E-state index contributed by atoms with van der Waals surface area (Å²) in [7, 11) is 0. The van der Waals surface area contributed by atoms with Crippen molar-refractivity contribution in [2.75, 3.05) is 4.90 Å². The van der Waals surface area contributed by atoms with Crippen molar-refractivity contribution in [1.29, 1.82) is 0 Å². The van der Waals surface area contributed by atoms with Gasteiger partial charge in [0.05, 0.1) is 5.69 Å². The largest absolute Gasteiger partial charge is 0.274 e. The van der Waals surface area contributed by atoms with Gasteiger partial charge in [-0.3, -0.25) is 9.59 Å². The van der Waals surface area contributed by atoms with Gasteiger partial charge in [0.25, 0.3) is 0 Å². The number of amides is 2. The molecule has 0 bridgehead atoms. The van der Waals surface area contributed by atoms with Crippen molar-refractivity contribution < 1.29 is 9.59 Å². The first kappa shape index (κ1) is 11.3. The van der Waals surface area contributed by atoms with Crippen LogP contribution in [-0.4, -0.2) is 11.8 Å². The minimum Gasteiger partial charge on any atom is -0.274 e. The number of fused-ring (bicyclic) bond motifs is 1. The summed E-state index contributed by atoms with van der Waals surface area (Å²) in [5.74, 6) is -0.415. The molecule has 1 aromatic carbocycles. The maximum Gasteiger partial charge on any atom is 0.237 e. The molecular weight excluding hydrogens is 317 g/mol. The third-order valence-electron chi connectivity index (χ3n) is 2.39. The fraction of sp³-hybridized carbons (Fsp3) is 0.167. The monoisotopic (exact) mass is 327 g/mol. The second kappa shape index (κ2) is 4.37. The first-order valence-electron chi connectivity index (χ1n) is 4.89. The summed E-state index contributed by atoms with van der Waals surface area (Å²) >= 11 is 2.17. The van der Waals surface area contributed by atoms with Crippen LogP contribution in [0.3, 0.4) is 0 Å². The van der Waals surface area contributed by atoms with Crippen molar-refractivity contribution in [2.45, 2.75) is 13.3 Å². The number of nitrogens with zero attached hydrogens (tertiary/aromatic N) is 1. The number of imide groups is 1. The molecule has 0 N–H and O–H groups in total. The zero-order valence-electron chi connectivity index (χ0n) is 8.74. The molecular formula is C12H10INO2. The fourth-order valence-electron chi connectivity index (χ4n) is 1.71. The molecule has 1 aromatic rings. The summed E-state index contributed by atoms with van der Waals surface area (Å²) in [5.41, 5.74) is 1.58. The molecule has 0 spiro atoms. The average Bonchev–Trinajstić information content (AvgIpc) is 2.35. The van der Waals surface area contributed by atoms with Crippen LogP contribution in [0, 0.1) is 3.57 Å². The Morgan fingerprint density at radius 1 is 1.44 bits per heavy atom. The summed E-state index contributed by atoms with van der Waals surface area (Å²) in [4.78, 5) is 24.5. The number of hydrogen-bond acceptors (Lipinski definition) is 2. The third kappa shape index (κ3) is 2.02. The van der Waals surface area contributed by atoms with Crippen LogP contribution in [0.15, 0.2) is 24.3 Å². The minimum atomic E-state index is -0.239. The molecule has 0 radical (unpaired) electrons. The molecule has 0 aliphatic carbocycles. The predicted octanol–water partition coefficient (Wildman–Crippen LogP) is 2.59. The lowest BCUT2D eigenvalue weighted by Crippen LogP contribution is -2.34. The number of rotatable bonds is 0. The molecule has 0 saturated carbocycles. The molecule has 82 valence electrons. The van der Waals surface area contributed by atoms with Crippen LogP contribution in [0.25, 0.3) is 6.08 Å². The van der Waals surface area contributed by atoms with Gasteiger partial charge in [-0.15, -0.1) is 0 Å². The molecule has 2 amide bonds. The van der Waals surface area contributed by atoms with Gasteiger partial charge in [0.1, 0.15) is 0 Å². The number of hydrogen-bond donors (Lipinski definition) is 0. The van der Waals surface area contributed by atoms with Gasteiger partial charge in [-0.25, -0.2) is 4.90 Å². The van der Waals surface area contributed by atoms with Crippen LogP contribution < -0.4 is 4.90 Å². The van der Waals surface area contributed by atoms with Crippen LogP contribution in [0.5, 0.6) is 0 Å². The van der Waals surface area contributed by atoms with Crippen molar-refractivity contribution >= 4 is 46.2 Å². The van der Waals surface area contributed by atoms with Crippen molar-refractivity contribution in [3.63, 3.8) is 0 Å². The third-order valence-corrected chi connectivity index (χ3v) is 3.06. The SMILES string of the molecule is CC(=O)N1C(=O)CC=Cc2ccc(I)cc21. The Balaban J connectivity index is 2.62. The van der Waals surface area contributed by atoms with E-state index in [0.717, 1.165) is 9.13 Å². The molecule has 1 aliphatic heterocycles. The van der Waals surface area contributed by atoms with Crippen molar-refractivity contribution in [2.24, 2.45) is 0 Å². The van der Waals surface area contributed by atoms with Crippen molar-refractivity contribution in [3.8, 4) is 0 Å². The Kier molecular flexibility index (Phi) is 3.09. The van der Waals surface area contributed by atoms with Crippen LogP contribution in [0.2, 0.25) is 0 Å². The highest BCUT2D eigenvalue weighted by atomic mass is 127. The molecule has 4 heteroatoms. The van der Waals surface area contributed by atoms with Gasteiger partial charge in [0.2, 0.25) is 11.8 Å². The van der Waals surface area contributed by atoms with E-state index in [1.165, 1.54) is 11.8 Å². The number of carbonyl (C=O) groups excluding carboxylic acids is 2. The molecule has 3 nitrogen and oxygen atoms in total. The molecule has 2 rings (SSSR count). The summed E-state index contributed by atoms with van der Waals surface area (Å²) in [6.45, 7) is 1.41. The Labute approximate surface area is 107 Å². The van der Waals surface area contributed by atoms with E-state index in [4.69, 9.17) is 0 Å². The normalized spacial score (nSPS) is 14.6. The molecule has 0 fully saturated rings. The van der Waals surface area contributed by atoms with E-state index < -0.39 is 0 Å². The number of halogens is 1. The summed E-state index contributed by atoms with van der Waals surface area (Å²) < 4.78 is 1.01. The first-order valence-corrected chi connectivity index (χ1v) is 5.97. The Morgan fingerprint density at radius 3 is 2.88 bits per heavy atom. The van der Waals surface area contributed by atoms with Crippen LogP contribution in [0.4, 0.5) is 5.69 Å². The minimum absolute atomic E-state index is 0.176. The van der Waals surface area contributed by atoms with Gasteiger partial charge < -0.3 is 0 Å². The quantitative estimate of drug-likeness (QED) is 0.687. The van der Waals surface area contributed by atoms with Gasteiger partial charge in [-0.05, 0) is 40.3 Å². The summed E-state index contributed by atoms with van der Waals surface area (Å²) in [6, 6.07) is 5.73. The van der Waals surface area contributed by atoms with Gasteiger partial charge in [0.15, 0.2) is 0 Å². The molecule has 16 heavy (non-hydrogen) atoms. The number of carbonyl (C=O) groups is 2. The van der Waals surface area contributed by atoms with E-state index in [2.05, 4.69) is 22.6 Å². The van der Waals surface area contributed by atoms with E-state index >= 15 is 0 Å². The van der Waals surface area contributed by atoms with Crippen molar-refractivity contribution in [3.05, 3.63) is 33.4 Å². The maximum absolute atomic E-state index is 11.8. The molecule has 0 atom stereocenters. The molecule has 1 aliphatic rings. The lowest BCUT2D eigenvalue weighted by molar-refractivity contribution is -0.124. The Morgan fingerprint density at radius 2 is 2.19 bits per heavy atom. The molecule has 0 saturated heterocycles. The highest BCUT2D eigenvalue weighted by Gasteiger charge is 2.23.